The van der Waals surface area contributed by atoms with Crippen molar-refractivity contribution in [2.45, 2.75) is 30.0 Å². The number of nitrogens with one attached hydrogen (secondary N) is 1. The maximum absolute atomic E-state index is 12.6. The Kier molecular flexibility index (Phi) is 5.54. The standard InChI is InChI=1S/C20H27N3OS/c1-14(2)23(20(24)21-11-12-22(3)4)13-18-17-10-9-15-7-5-6-8-16(15)19(17)25-18/h5-10,14,18H,11-13H2,1-4H3,(H,21,24). The van der Waals surface area contributed by atoms with Crippen molar-refractivity contribution in [2.75, 3.05) is 33.7 Å². The van der Waals surface area contributed by atoms with Crippen LogP contribution in [0.3, 0.4) is 0 Å². The summed E-state index contributed by atoms with van der Waals surface area (Å²) in [7, 11) is 4.03. The number of rotatable bonds is 6. The molecule has 1 atom stereocenters. The smallest absolute Gasteiger partial charge is 0.317 e. The molecule has 0 saturated carbocycles. The molecule has 1 aliphatic heterocycles. The van der Waals surface area contributed by atoms with E-state index in [-0.39, 0.29) is 12.1 Å². The van der Waals surface area contributed by atoms with E-state index in [0.29, 0.717) is 11.8 Å². The third-order valence-electron chi connectivity index (χ3n) is 4.60. The third kappa shape index (κ3) is 3.93. The van der Waals surface area contributed by atoms with Crippen LogP contribution in [0.15, 0.2) is 41.3 Å². The summed E-state index contributed by atoms with van der Waals surface area (Å²) in [6.07, 6.45) is 0. The van der Waals surface area contributed by atoms with Gasteiger partial charge in [-0.25, -0.2) is 4.79 Å². The van der Waals surface area contributed by atoms with E-state index in [1.165, 1.54) is 21.2 Å². The maximum Gasteiger partial charge on any atom is 0.317 e. The number of urea groups is 1. The maximum atomic E-state index is 12.6. The molecule has 2 aromatic carbocycles. The van der Waals surface area contributed by atoms with Gasteiger partial charge in [0.2, 0.25) is 0 Å². The fourth-order valence-corrected chi connectivity index (χ4v) is 4.44. The number of thioether (sulfide) groups is 1. The first kappa shape index (κ1) is 18.1. The van der Waals surface area contributed by atoms with E-state index >= 15 is 0 Å². The first-order valence-electron chi connectivity index (χ1n) is 8.85. The molecule has 0 aliphatic carbocycles. The lowest BCUT2D eigenvalue weighted by atomic mass is 10.0. The Balaban J connectivity index is 1.68. The van der Waals surface area contributed by atoms with Crippen LogP contribution in [-0.2, 0) is 0 Å². The fourth-order valence-electron chi connectivity index (χ4n) is 3.12. The van der Waals surface area contributed by atoms with Gasteiger partial charge in [-0.05, 0) is 44.3 Å². The topological polar surface area (TPSA) is 35.6 Å². The van der Waals surface area contributed by atoms with Crippen LogP contribution in [0.25, 0.3) is 10.8 Å². The minimum Gasteiger partial charge on any atom is -0.337 e. The van der Waals surface area contributed by atoms with Gasteiger partial charge in [-0.15, -0.1) is 11.8 Å². The number of likely N-dealkylation sites (N-methyl/N-ethyl adjacent to an activating group) is 1. The normalized spacial score (nSPS) is 16.0. The Hall–Kier alpha value is -1.72. The molecular weight excluding hydrogens is 330 g/mol. The van der Waals surface area contributed by atoms with Crippen LogP contribution >= 0.6 is 11.8 Å². The van der Waals surface area contributed by atoms with Crippen LogP contribution < -0.4 is 5.32 Å². The van der Waals surface area contributed by atoms with Crippen LogP contribution in [0.1, 0.15) is 24.7 Å². The molecule has 0 spiro atoms. The molecule has 0 radical (unpaired) electrons. The van der Waals surface area contributed by atoms with Crippen molar-refractivity contribution in [3.05, 3.63) is 42.0 Å². The van der Waals surface area contributed by atoms with Gasteiger partial charge in [-0.1, -0.05) is 36.4 Å². The highest BCUT2D eigenvalue weighted by atomic mass is 32.2. The second-order valence-corrected chi connectivity index (χ2v) is 8.31. The molecule has 2 amide bonds. The van der Waals surface area contributed by atoms with E-state index in [0.717, 1.165) is 13.1 Å². The molecule has 0 fully saturated rings. The Bertz CT molecular complexity index is 760. The summed E-state index contributed by atoms with van der Waals surface area (Å²) in [6, 6.07) is 13.1. The van der Waals surface area contributed by atoms with Gasteiger partial charge in [-0.2, -0.15) is 0 Å². The van der Waals surface area contributed by atoms with Gasteiger partial charge in [0.15, 0.2) is 0 Å². The number of hydrogen-bond acceptors (Lipinski definition) is 3. The zero-order valence-corrected chi connectivity index (χ0v) is 16.3. The molecular formula is C20H27N3OS. The van der Waals surface area contributed by atoms with Gasteiger partial charge in [0.1, 0.15) is 0 Å². The summed E-state index contributed by atoms with van der Waals surface area (Å²) >= 11 is 1.89. The minimum absolute atomic E-state index is 0.0340. The Morgan fingerprint density at radius 1 is 1.20 bits per heavy atom. The number of carbonyl (C=O) groups is 1. The van der Waals surface area contributed by atoms with Crippen molar-refractivity contribution in [3.8, 4) is 0 Å². The fraction of sp³-hybridized carbons (Fsp3) is 0.450. The highest BCUT2D eigenvalue weighted by molar-refractivity contribution is 8.01. The highest BCUT2D eigenvalue weighted by Crippen LogP contribution is 2.53. The summed E-state index contributed by atoms with van der Waals surface area (Å²) in [6.45, 7) is 6.44. The minimum atomic E-state index is 0.0340. The lowest BCUT2D eigenvalue weighted by molar-refractivity contribution is 0.182. The summed E-state index contributed by atoms with van der Waals surface area (Å²) in [5.41, 5.74) is 1.37. The number of fused-ring (bicyclic) bond motifs is 3. The quantitative estimate of drug-likeness (QED) is 0.850. The number of benzene rings is 2. The first-order valence-corrected chi connectivity index (χ1v) is 9.73. The molecule has 0 aromatic heterocycles. The van der Waals surface area contributed by atoms with Gasteiger partial charge >= 0.3 is 6.03 Å². The van der Waals surface area contributed by atoms with Gasteiger partial charge in [0, 0.05) is 30.6 Å². The zero-order chi connectivity index (χ0) is 18.0. The second-order valence-electron chi connectivity index (χ2n) is 7.09. The zero-order valence-electron chi connectivity index (χ0n) is 15.5. The summed E-state index contributed by atoms with van der Waals surface area (Å²) in [4.78, 5) is 18.0. The average molecular weight is 358 g/mol. The molecule has 1 N–H and O–H groups in total. The van der Waals surface area contributed by atoms with Crippen molar-refractivity contribution in [1.82, 2.24) is 15.1 Å². The number of nitrogens with zero attached hydrogens (tertiary/aromatic N) is 2. The lowest BCUT2D eigenvalue weighted by Gasteiger charge is -2.36. The van der Waals surface area contributed by atoms with E-state index in [4.69, 9.17) is 0 Å². The van der Waals surface area contributed by atoms with Crippen molar-refractivity contribution in [2.24, 2.45) is 0 Å². The molecule has 1 heterocycles. The summed E-state index contributed by atoms with van der Waals surface area (Å²) in [5, 5.41) is 6.01. The van der Waals surface area contributed by atoms with E-state index in [9.17, 15) is 4.79 Å². The van der Waals surface area contributed by atoms with E-state index in [1.54, 1.807) is 0 Å². The second kappa shape index (κ2) is 7.67. The largest absolute Gasteiger partial charge is 0.337 e. The van der Waals surface area contributed by atoms with Crippen LogP contribution in [0, 0.1) is 0 Å². The lowest BCUT2D eigenvalue weighted by Crippen LogP contribution is -2.47. The van der Waals surface area contributed by atoms with Crippen molar-refractivity contribution >= 4 is 28.6 Å². The number of carbonyl (C=O) groups excluding carboxylic acids is 1. The molecule has 2 aromatic rings. The molecule has 5 heteroatoms. The molecule has 0 saturated heterocycles. The van der Waals surface area contributed by atoms with E-state index < -0.39 is 0 Å². The number of amides is 2. The average Bonchev–Trinajstić information content (AvgIpc) is 2.54. The van der Waals surface area contributed by atoms with Crippen LogP contribution in [0.5, 0.6) is 0 Å². The van der Waals surface area contributed by atoms with Gasteiger partial charge < -0.3 is 15.1 Å². The molecule has 1 aliphatic rings. The van der Waals surface area contributed by atoms with Gasteiger partial charge in [0.05, 0.1) is 5.25 Å². The predicted octanol–water partition coefficient (Wildman–Crippen LogP) is 3.97. The van der Waals surface area contributed by atoms with Crippen LogP contribution in [0.4, 0.5) is 4.79 Å². The molecule has 1 unspecified atom stereocenters. The molecule has 25 heavy (non-hydrogen) atoms. The monoisotopic (exact) mass is 357 g/mol. The Labute approximate surface area is 154 Å². The molecule has 0 bridgehead atoms. The Morgan fingerprint density at radius 3 is 2.68 bits per heavy atom. The third-order valence-corrected chi connectivity index (χ3v) is 5.98. The van der Waals surface area contributed by atoms with Crippen LogP contribution in [-0.4, -0.2) is 55.6 Å². The highest BCUT2D eigenvalue weighted by Gasteiger charge is 2.32. The summed E-state index contributed by atoms with van der Waals surface area (Å²) < 4.78 is 0. The van der Waals surface area contributed by atoms with Gasteiger partial charge in [0.25, 0.3) is 0 Å². The summed E-state index contributed by atoms with van der Waals surface area (Å²) in [5.74, 6) is 0. The Morgan fingerprint density at radius 2 is 1.96 bits per heavy atom. The number of hydrogen-bond donors (Lipinski definition) is 1. The van der Waals surface area contributed by atoms with Gasteiger partial charge in [-0.3, -0.25) is 0 Å². The van der Waals surface area contributed by atoms with Crippen molar-refractivity contribution in [1.29, 1.82) is 0 Å². The first-order chi connectivity index (χ1) is 12.0. The van der Waals surface area contributed by atoms with Crippen LogP contribution in [0.2, 0.25) is 0 Å². The van der Waals surface area contributed by atoms with Crippen molar-refractivity contribution < 1.29 is 4.79 Å². The molecule has 4 nitrogen and oxygen atoms in total. The SMILES string of the molecule is CC(C)N(CC1Sc2c1ccc1ccccc21)C(=O)NCCN(C)C. The molecule has 134 valence electrons. The molecule has 3 rings (SSSR count). The van der Waals surface area contributed by atoms with Crippen molar-refractivity contribution in [3.63, 3.8) is 0 Å². The van der Waals surface area contributed by atoms with E-state index in [2.05, 4.69) is 60.5 Å². The van der Waals surface area contributed by atoms with E-state index in [1.807, 2.05) is 30.8 Å². The predicted molar refractivity (Wildman–Crippen MR) is 106 cm³/mol.